The summed E-state index contributed by atoms with van der Waals surface area (Å²) in [5.41, 5.74) is 2.25. The number of hydrogen-bond donors (Lipinski definition) is 1. The Balaban J connectivity index is 1.83. The van der Waals surface area contributed by atoms with Gasteiger partial charge < -0.3 is 10.1 Å². The molecule has 3 aromatic rings. The van der Waals surface area contributed by atoms with Gasteiger partial charge in [-0.1, -0.05) is 6.07 Å². The number of ether oxygens (including phenoxy) is 1. The molecule has 0 aliphatic rings. The topological polar surface area (TPSA) is 72.7 Å². The lowest BCUT2D eigenvalue weighted by Crippen LogP contribution is -2.13. The number of aromatic nitrogens is 2. The van der Waals surface area contributed by atoms with Crippen LogP contribution >= 0.6 is 11.3 Å². The number of esters is 1. The maximum atomic E-state index is 12.2. The minimum absolute atomic E-state index is 0.322. The van der Waals surface area contributed by atoms with Crippen LogP contribution in [-0.2, 0) is 4.74 Å². The molecule has 0 atom stereocenters. The van der Waals surface area contributed by atoms with Crippen molar-refractivity contribution in [1.29, 1.82) is 0 Å². The van der Waals surface area contributed by atoms with Crippen LogP contribution in [0.2, 0.25) is 0 Å². The maximum absolute atomic E-state index is 12.2. The minimum Gasteiger partial charge on any atom is -0.465 e. The number of benzene rings is 1. The predicted octanol–water partition coefficient (Wildman–Crippen LogP) is 2.74. The number of hydrogen-bond acceptors (Lipinski definition) is 5. The first-order chi connectivity index (χ1) is 10.6. The molecule has 1 aromatic carbocycles. The predicted molar refractivity (Wildman–Crippen MR) is 83.5 cm³/mol. The first kappa shape index (κ1) is 14.3. The van der Waals surface area contributed by atoms with E-state index in [4.69, 9.17) is 0 Å². The second kappa shape index (κ2) is 5.61. The molecule has 2 aromatic heterocycles. The third kappa shape index (κ3) is 2.58. The van der Waals surface area contributed by atoms with Gasteiger partial charge in [0.05, 0.1) is 12.7 Å². The smallest absolute Gasteiger partial charge is 0.337 e. The standard InChI is InChI=1S/C15H13N3O3S/c1-9-8-22-15-17-12(7-18(9)15)13(19)16-11-5-3-4-10(6-11)14(20)21-2/h3-8H,1-2H3,(H,16,19). The molecule has 112 valence electrons. The van der Waals surface area contributed by atoms with Crippen molar-refractivity contribution in [3.05, 3.63) is 52.8 Å². The van der Waals surface area contributed by atoms with E-state index in [1.807, 2.05) is 16.7 Å². The third-order valence-corrected chi connectivity index (χ3v) is 4.12. The molecule has 0 aliphatic heterocycles. The molecule has 0 saturated heterocycles. The Morgan fingerprint density at radius 2 is 2.18 bits per heavy atom. The molecule has 0 unspecified atom stereocenters. The molecule has 0 bridgehead atoms. The number of amides is 1. The molecular weight excluding hydrogens is 302 g/mol. The summed E-state index contributed by atoms with van der Waals surface area (Å²) < 4.78 is 6.52. The van der Waals surface area contributed by atoms with Gasteiger partial charge in [-0.25, -0.2) is 9.78 Å². The number of rotatable bonds is 3. The Labute approximate surface area is 130 Å². The zero-order valence-corrected chi connectivity index (χ0v) is 12.8. The van der Waals surface area contributed by atoms with Crippen LogP contribution in [0.25, 0.3) is 4.96 Å². The number of fused-ring (bicyclic) bond motifs is 1. The van der Waals surface area contributed by atoms with Gasteiger partial charge in [-0.2, -0.15) is 0 Å². The molecule has 0 radical (unpaired) electrons. The van der Waals surface area contributed by atoms with Gasteiger partial charge in [-0.05, 0) is 25.1 Å². The lowest BCUT2D eigenvalue weighted by molar-refractivity contribution is 0.0600. The summed E-state index contributed by atoms with van der Waals surface area (Å²) in [6.45, 7) is 1.95. The number of nitrogens with zero attached hydrogens (tertiary/aromatic N) is 2. The Morgan fingerprint density at radius 3 is 2.91 bits per heavy atom. The maximum Gasteiger partial charge on any atom is 0.337 e. The number of anilines is 1. The molecule has 3 rings (SSSR count). The summed E-state index contributed by atoms with van der Waals surface area (Å²) >= 11 is 1.48. The largest absolute Gasteiger partial charge is 0.465 e. The zero-order valence-electron chi connectivity index (χ0n) is 12.0. The molecule has 0 spiro atoms. The van der Waals surface area contributed by atoms with E-state index in [1.54, 1.807) is 30.5 Å². The summed E-state index contributed by atoms with van der Waals surface area (Å²) in [4.78, 5) is 28.8. The van der Waals surface area contributed by atoms with Crippen molar-refractivity contribution >= 4 is 33.9 Å². The Hall–Kier alpha value is -2.67. The third-order valence-electron chi connectivity index (χ3n) is 3.16. The van der Waals surface area contributed by atoms with E-state index in [9.17, 15) is 9.59 Å². The SMILES string of the molecule is COC(=O)c1cccc(NC(=O)c2cn3c(C)csc3n2)c1. The van der Waals surface area contributed by atoms with Crippen LogP contribution in [0, 0.1) is 6.92 Å². The van der Waals surface area contributed by atoms with Gasteiger partial charge in [0.1, 0.15) is 5.69 Å². The number of methoxy groups -OCH3 is 1. The average molecular weight is 315 g/mol. The van der Waals surface area contributed by atoms with Crippen molar-refractivity contribution < 1.29 is 14.3 Å². The van der Waals surface area contributed by atoms with Crippen LogP contribution in [0.5, 0.6) is 0 Å². The summed E-state index contributed by atoms with van der Waals surface area (Å²) in [5, 5.41) is 4.71. The van der Waals surface area contributed by atoms with Gasteiger partial charge in [0.2, 0.25) is 0 Å². The van der Waals surface area contributed by atoms with Crippen molar-refractivity contribution in [2.24, 2.45) is 0 Å². The van der Waals surface area contributed by atoms with E-state index in [0.29, 0.717) is 16.9 Å². The van der Waals surface area contributed by atoms with Crippen LogP contribution in [0.1, 0.15) is 26.5 Å². The molecule has 22 heavy (non-hydrogen) atoms. The van der Waals surface area contributed by atoms with E-state index >= 15 is 0 Å². The number of imidazole rings is 1. The van der Waals surface area contributed by atoms with Crippen molar-refractivity contribution in [3.8, 4) is 0 Å². The van der Waals surface area contributed by atoms with Gasteiger partial charge in [0.25, 0.3) is 5.91 Å². The zero-order chi connectivity index (χ0) is 15.7. The van der Waals surface area contributed by atoms with Crippen LogP contribution in [0.15, 0.2) is 35.8 Å². The fourth-order valence-corrected chi connectivity index (χ4v) is 2.89. The molecular formula is C15H13N3O3S. The van der Waals surface area contributed by atoms with E-state index in [0.717, 1.165) is 10.7 Å². The fraction of sp³-hybridized carbons (Fsp3) is 0.133. The molecule has 2 heterocycles. The molecule has 7 heteroatoms. The fourth-order valence-electron chi connectivity index (χ4n) is 2.04. The molecule has 1 N–H and O–H groups in total. The van der Waals surface area contributed by atoms with Crippen LogP contribution < -0.4 is 5.32 Å². The highest BCUT2D eigenvalue weighted by atomic mass is 32.1. The lowest BCUT2D eigenvalue weighted by atomic mass is 10.2. The van der Waals surface area contributed by atoms with E-state index in [2.05, 4.69) is 15.0 Å². The van der Waals surface area contributed by atoms with Crippen LogP contribution in [-0.4, -0.2) is 28.4 Å². The number of thiazole rings is 1. The first-order valence-corrected chi connectivity index (χ1v) is 7.39. The lowest BCUT2D eigenvalue weighted by Gasteiger charge is -2.05. The second-order valence-corrected chi connectivity index (χ2v) is 5.52. The van der Waals surface area contributed by atoms with Crippen molar-refractivity contribution in [2.75, 3.05) is 12.4 Å². The van der Waals surface area contributed by atoms with Gasteiger partial charge in [0.15, 0.2) is 4.96 Å². The summed E-state index contributed by atoms with van der Waals surface area (Å²) in [5.74, 6) is -0.772. The van der Waals surface area contributed by atoms with Gasteiger partial charge in [-0.3, -0.25) is 9.20 Å². The first-order valence-electron chi connectivity index (χ1n) is 6.51. The van der Waals surface area contributed by atoms with Crippen LogP contribution in [0.3, 0.4) is 0 Å². The Bertz CT molecular complexity index is 866. The molecule has 6 nitrogen and oxygen atoms in total. The van der Waals surface area contributed by atoms with E-state index in [-0.39, 0.29) is 5.91 Å². The number of aryl methyl sites for hydroxylation is 1. The van der Waals surface area contributed by atoms with Gasteiger partial charge in [0, 0.05) is 23.0 Å². The quantitative estimate of drug-likeness (QED) is 0.754. The van der Waals surface area contributed by atoms with Crippen molar-refractivity contribution in [2.45, 2.75) is 6.92 Å². The average Bonchev–Trinajstić information content (AvgIpc) is 3.09. The molecule has 1 amide bonds. The number of nitrogens with one attached hydrogen (secondary N) is 1. The van der Waals surface area contributed by atoms with Crippen molar-refractivity contribution in [3.63, 3.8) is 0 Å². The highest BCUT2D eigenvalue weighted by Crippen LogP contribution is 2.17. The number of carbonyl (C=O) groups is 2. The summed E-state index contributed by atoms with van der Waals surface area (Å²) in [6.07, 6.45) is 1.70. The normalized spacial score (nSPS) is 10.6. The van der Waals surface area contributed by atoms with E-state index < -0.39 is 5.97 Å². The van der Waals surface area contributed by atoms with Gasteiger partial charge in [-0.15, -0.1) is 11.3 Å². The molecule has 0 aliphatic carbocycles. The molecule has 0 fully saturated rings. The summed E-state index contributed by atoms with van der Waals surface area (Å²) in [7, 11) is 1.31. The Kier molecular flexibility index (Phi) is 3.64. The minimum atomic E-state index is -0.450. The highest BCUT2D eigenvalue weighted by Gasteiger charge is 2.14. The number of carbonyl (C=O) groups excluding carboxylic acids is 2. The van der Waals surface area contributed by atoms with Crippen molar-refractivity contribution in [1.82, 2.24) is 9.38 Å². The monoisotopic (exact) mass is 315 g/mol. The molecule has 0 saturated carbocycles. The second-order valence-electron chi connectivity index (χ2n) is 4.68. The van der Waals surface area contributed by atoms with Crippen LogP contribution in [0.4, 0.5) is 5.69 Å². The Morgan fingerprint density at radius 1 is 1.36 bits per heavy atom. The van der Waals surface area contributed by atoms with Gasteiger partial charge >= 0.3 is 5.97 Å². The highest BCUT2D eigenvalue weighted by molar-refractivity contribution is 7.15. The summed E-state index contributed by atoms with van der Waals surface area (Å²) in [6, 6.07) is 6.57. The van der Waals surface area contributed by atoms with E-state index in [1.165, 1.54) is 18.4 Å².